The molecule has 1 unspecified atom stereocenters. The Hall–Kier alpha value is -3.74. The molecule has 0 spiro atoms. The molecule has 168 valence electrons. The number of aliphatic hydroxyl groups is 1. The minimum absolute atomic E-state index is 0.318. The lowest BCUT2D eigenvalue weighted by molar-refractivity contribution is 0.194. The molecule has 0 aliphatic rings. The van der Waals surface area contributed by atoms with Crippen molar-refractivity contribution in [3.63, 3.8) is 0 Å². The summed E-state index contributed by atoms with van der Waals surface area (Å²) >= 11 is 6.51. The average molecular weight is 464 g/mol. The Morgan fingerprint density at radius 1 is 1.27 bits per heavy atom. The van der Waals surface area contributed by atoms with Crippen molar-refractivity contribution >= 4 is 28.6 Å². The van der Waals surface area contributed by atoms with E-state index in [1.165, 1.54) is 6.33 Å². The van der Waals surface area contributed by atoms with E-state index in [0.717, 1.165) is 11.1 Å². The molecule has 0 aliphatic carbocycles. The molecule has 33 heavy (non-hydrogen) atoms. The number of H-pyrrole nitrogens is 1. The fourth-order valence-corrected chi connectivity index (χ4v) is 3.85. The first kappa shape index (κ1) is 22.5. The lowest BCUT2D eigenvalue weighted by atomic mass is 9.95. The van der Waals surface area contributed by atoms with Gasteiger partial charge in [-0.05, 0) is 38.0 Å². The highest BCUT2D eigenvalue weighted by Crippen LogP contribution is 2.40. The molecule has 10 heteroatoms. The zero-order valence-electron chi connectivity index (χ0n) is 18.1. The van der Waals surface area contributed by atoms with Crippen LogP contribution in [0.15, 0.2) is 37.1 Å². The number of pyridine rings is 1. The highest BCUT2D eigenvalue weighted by molar-refractivity contribution is 6.32. The zero-order valence-corrected chi connectivity index (χ0v) is 18.9. The van der Waals surface area contributed by atoms with Crippen molar-refractivity contribution in [2.45, 2.75) is 26.4 Å². The molecule has 0 amide bonds. The summed E-state index contributed by atoms with van der Waals surface area (Å²) in [6.07, 6.45) is 4.52. The van der Waals surface area contributed by atoms with Crippen molar-refractivity contribution in [3.05, 3.63) is 58.9 Å². The second-order valence-electron chi connectivity index (χ2n) is 7.29. The molecule has 0 fully saturated rings. The Labute approximate surface area is 195 Å². The minimum atomic E-state index is -0.690. The Balaban J connectivity index is 1.69. The van der Waals surface area contributed by atoms with Crippen LogP contribution in [0.4, 0.5) is 5.82 Å². The van der Waals surface area contributed by atoms with Gasteiger partial charge in [-0.15, -0.1) is 0 Å². The largest absolute Gasteiger partial charge is 0.493 e. The molecule has 1 atom stereocenters. The smallest absolute Gasteiger partial charge is 0.182 e. The Kier molecular flexibility index (Phi) is 6.68. The molecule has 0 bridgehead atoms. The maximum Gasteiger partial charge on any atom is 0.182 e. The van der Waals surface area contributed by atoms with Gasteiger partial charge in [0.05, 0.1) is 35.3 Å². The van der Waals surface area contributed by atoms with Gasteiger partial charge in [0.2, 0.25) is 0 Å². The molecule has 0 aliphatic heterocycles. The SMILES string of the molecule is CCOc1c(CCNc2ncnc3nc[nH]c23)cc(Cl)c(C#N)c1-c1ccc(C(C)O)nc1. The predicted octanol–water partition coefficient (Wildman–Crippen LogP) is 4.05. The number of ether oxygens (including phenoxy) is 1. The number of aromatic nitrogens is 5. The molecule has 9 nitrogen and oxygen atoms in total. The second-order valence-corrected chi connectivity index (χ2v) is 7.70. The highest BCUT2D eigenvalue weighted by Gasteiger charge is 2.21. The number of fused-ring (bicyclic) bond motifs is 1. The third-order valence-electron chi connectivity index (χ3n) is 5.12. The van der Waals surface area contributed by atoms with Gasteiger partial charge in [-0.2, -0.15) is 5.26 Å². The predicted molar refractivity (Wildman–Crippen MR) is 125 cm³/mol. The van der Waals surface area contributed by atoms with Crippen LogP contribution in [0, 0.1) is 11.3 Å². The van der Waals surface area contributed by atoms with Crippen LogP contribution < -0.4 is 10.1 Å². The maximum absolute atomic E-state index is 9.81. The molecule has 1 aromatic carbocycles. The summed E-state index contributed by atoms with van der Waals surface area (Å²) in [6.45, 7) is 4.48. The summed E-state index contributed by atoms with van der Waals surface area (Å²) in [6, 6.07) is 7.49. The lowest BCUT2D eigenvalue weighted by Crippen LogP contribution is -2.10. The monoisotopic (exact) mass is 463 g/mol. The molecule has 4 rings (SSSR count). The van der Waals surface area contributed by atoms with Gasteiger partial charge >= 0.3 is 0 Å². The minimum Gasteiger partial charge on any atom is -0.493 e. The lowest BCUT2D eigenvalue weighted by Gasteiger charge is -2.18. The van der Waals surface area contributed by atoms with Crippen LogP contribution in [-0.2, 0) is 6.42 Å². The molecule has 3 aromatic heterocycles. The quantitative estimate of drug-likeness (QED) is 0.356. The Morgan fingerprint density at radius 3 is 2.82 bits per heavy atom. The van der Waals surface area contributed by atoms with Crippen LogP contribution in [0.25, 0.3) is 22.3 Å². The Morgan fingerprint density at radius 2 is 2.12 bits per heavy atom. The first-order valence-electron chi connectivity index (χ1n) is 10.4. The normalized spacial score (nSPS) is 11.8. The van der Waals surface area contributed by atoms with Crippen LogP contribution in [-0.4, -0.2) is 43.2 Å². The van der Waals surface area contributed by atoms with Crippen LogP contribution in [0.5, 0.6) is 5.75 Å². The number of nitriles is 1. The number of hydrogen-bond acceptors (Lipinski definition) is 8. The number of rotatable bonds is 8. The number of imidazole rings is 1. The number of benzene rings is 1. The zero-order chi connectivity index (χ0) is 23.4. The molecule has 3 N–H and O–H groups in total. The van der Waals surface area contributed by atoms with Crippen molar-refractivity contribution in [1.82, 2.24) is 24.9 Å². The fourth-order valence-electron chi connectivity index (χ4n) is 3.58. The third kappa shape index (κ3) is 4.58. The van der Waals surface area contributed by atoms with Gasteiger partial charge in [0.15, 0.2) is 11.5 Å². The first-order chi connectivity index (χ1) is 16.0. The maximum atomic E-state index is 9.81. The van der Waals surface area contributed by atoms with E-state index in [9.17, 15) is 10.4 Å². The van der Waals surface area contributed by atoms with E-state index in [4.69, 9.17) is 16.3 Å². The van der Waals surface area contributed by atoms with Crippen molar-refractivity contribution in [2.75, 3.05) is 18.5 Å². The average Bonchev–Trinajstić information content (AvgIpc) is 3.30. The van der Waals surface area contributed by atoms with Crippen molar-refractivity contribution < 1.29 is 9.84 Å². The second kappa shape index (κ2) is 9.81. The summed E-state index contributed by atoms with van der Waals surface area (Å²) in [5.41, 5.74) is 4.29. The van der Waals surface area contributed by atoms with Gasteiger partial charge < -0.3 is 20.1 Å². The topological polar surface area (TPSA) is 133 Å². The first-order valence-corrected chi connectivity index (χ1v) is 10.8. The molecule has 4 aromatic rings. The number of nitrogens with one attached hydrogen (secondary N) is 2. The number of halogens is 1. The van der Waals surface area contributed by atoms with E-state index in [1.54, 1.807) is 31.6 Å². The van der Waals surface area contributed by atoms with Gasteiger partial charge in [0.1, 0.15) is 23.7 Å². The molecule has 3 heterocycles. The number of aromatic amines is 1. The highest BCUT2D eigenvalue weighted by atomic mass is 35.5. The molecular formula is C23H22ClN7O2. The van der Waals surface area contributed by atoms with Crippen LogP contribution in [0.1, 0.15) is 36.8 Å². The summed E-state index contributed by atoms with van der Waals surface area (Å²) in [5.74, 6) is 1.23. The van der Waals surface area contributed by atoms with E-state index in [-0.39, 0.29) is 0 Å². The summed E-state index contributed by atoms with van der Waals surface area (Å²) in [4.78, 5) is 19.9. The molecule has 0 radical (unpaired) electrons. The molecule has 0 saturated carbocycles. The standard InChI is InChI=1S/C23H22ClN7O2/c1-3-33-21-14(6-7-26-22-20-23(29-11-28-20)31-12-30-22)8-17(24)16(9-25)19(21)15-4-5-18(13(2)32)27-10-15/h4-5,8,10-13,32H,3,6-7H2,1-2H3,(H2,26,28,29,30,31). The number of anilines is 1. The van der Waals surface area contributed by atoms with Crippen molar-refractivity contribution in [1.29, 1.82) is 5.26 Å². The van der Waals surface area contributed by atoms with E-state index < -0.39 is 6.10 Å². The summed E-state index contributed by atoms with van der Waals surface area (Å²) in [7, 11) is 0. The van der Waals surface area contributed by atoms with Gasteiger partial charge in [-0.1, -0.05) is 17.7 Å². The van der Waals surface area contributed by atoms with Gasteiger partial charge in [0, 0.05) is 23.9 Å². The fraction of sp³-hybridized carbons (Fsp3) is 0.261. The number of nitrogens with zero attached hydrogens (tertiary/aromatic N) is 5. The van der Waals surface area contributed by atoms with Crippen molar-refractivity contribution in [3.8, 4) is 22.9 Å². The van der Waals surface area contributed by atoms with E-state index in [0.29, 0.717) is 64.2 Å². The van der Waals surface area contributed by atoms with E-state index in [2.05, 4.69) is 36.3 Å². The number of hydrogen-bond donors (Lipinski definition) is 3. The molecular weight excluding hydrogens is 442 g/mol. The van der Waals surface area contributed by atoms with E-state index in [1.807, 2.05) is 13.0 Å². The van der Waals surface area contributed by atoms with E-state index >= 15 is 0 Å². The number of aliphatic hydroxyl groups excluding tert-OH is 1. The van der Waals surface area contributed by atoms with Gasteiger partial charge in [-0.25, -0.2) is 15.0 Å². The van der Waals surface area contributed by atoms with Gasteiger partial charge in [-0.3, -0.25) is 4.98 Å². The third-order valence-corrected chi connectivity index (χ3v) is 5.42. The van der Waals surface area contributed by atoms with Crippen LogP contribution in [0.2, 0.25) is 5.02 Å². The van der Waals surface area contributed by atoms with Crippen LogP contribution in [0.3, 0.4) is 0 Å². The van der Waals surface area contributed by atoms with Gasteiger partial charge in [0.25, 0.3) is 0 Å². The summed E-state index contributed by atoms with van der Waals surface area (Å²) < 4.78 is 6.00. The summed E-state index contributed by atoms with van der Waals surface area (Å²) in [5, 5.41) is 23.2. The van der Waals surface area contributed by atoms with Crippen molar-refractivity contribution in [2.24, 2.45) is 0 Å². The van der Waals surface area contributed by atoms with Crippen LogP contribution >= 0.6 is 11.6 Å². The molecule has 0 saturated heterocycles. The Bertz CT molecular complexity index is 1310.